The van der Waals surface area contributed by atoms with Gasteiger partial charge in [0.2, 0.25) is 0 Å². The van der Waals surface area contributed by atoms with Gasteiger partial charge in [-0.2, -0.15) is 0 Å². The van der Waals surface area contributed by atoms with Crippen LogP contribution in [0.15, 0.2) is 36.4 Å². The van der Waals surface area contributed by atoms with E-state index >= 15 is 0 Å². The fraction of sp³-hybridized carbons (Fsp3) is 0.267. The van der Waals surface area contributed by atoms with Crippen molar-refractivity contribution in [2.24, 2.45) is 0 Å². The summed E-state index contributed by atoms with van der Waals surface area (Å²) < 4.78 is 5.10. The number of nitrogens with one attached hydrogen (secondary N) is 1. The van der Waals surface area contributed by atoms with Crippen LogP contribution in [0.2, 0.25) is 0 Å². The Morgan fingerprint density at radius 2 is 1.90 bits per heavy atom. The summed E-state index contributed by atoms with van der Waals surface area (Å²) in [7, 11) is 3.30. The summed E-state index contributed by atoms with van der Waals surface area (Å²) in [5.74, 6) is 1.19. The molecule has 21 heavy (non-hydrogen) atoms. The molecule has 2 rings (SSSR count). The normalized spacial score (nSPS) is 10.0. The number of carbonyl (C=O) groups is 1. The van der Waals surface area contributed by atoms with Gasteiger partial charge < -0.3 is 15.0 Å². The molecule has 6 nitrogen and oxygen atoms in total. The van der Waals surface area contributed by atoms with Crippen LogP contribution < -0.4 is 15.0 Å². The average molecular weight is 286 g/mol. The summed E-state index contributed by atoms with van der Waals surface area (Å²) in [5.41, 5.74) is 1.06. The van der Waals surface area contributed by atoms with E-state index in [0.29, 0.717) is 11.5 Å². The molecule has 0 saturated carbocycles. The van der Waals surface area contributed by atoms with E-state index in [2.05, 4.69) is 15.5 Å². The highest BCUT2D eigenvalue weighted by Crippen LogP contribution is 2.19. The number of ether oxygens (including phenoxy) is 1. The Bertz CT molecular complexity index is 596. The van der Waals surface area contributed by atoms with E-state index < -0.39 is 0 Å². The summed E-state index contributed by atoms with van der Waals surface area (Å²) in [6.07, 6.45) is 0. The Morgan fingerprint density at radius 1 is 1.19 bits per heavy atom. The minimum absolute atomic E-state index is 0.212. The van der Waals surface area contributed by atoms with Gasteiger partial charge in [0.25, 0.3) is 5.91 Å². The maximum atomic E-state index is 12.3. The molecule has 1 aromatic carbocycles. The Kier molecular flexibility index (Phi) is 4.71. The van der Waals surface area contributed by atoms with Gasteiger partial charge in [0.1, 0.15) is 11.6 Å². The summed E-state index contributed by atoms with van der Waals surface area (Å²) >= 11 is 0. The topological polar surface area (TPSA) is 67.4 Å². The van der Waals surface area contributed by atoms with Crippen LogP contribution in [0.4, 0.5) is 11.5 Å². The van der Waals surface area contributed by atoms with Crippen molar-refractivity contribution < 1.29 is 9.53 Å². The van der Waals surface area contributed by atoms with Crippen LogP contribution in [-0.4, -0.2) is 36.8 Å². The third-order valence-electron chi connectivity index (χ3n) is 3.01. The number of hydrogen-bond donors (Lipinski definition) is 1. The fourth-order valence-electron chi connectivity index (χ4n) is 1.82. The van der Waals surface area contributed by atoms with Gasteiger partial charge >= 0.3 is 0 Å². The molecule has 1 N–H and O–H groups in total. The maximum absolute atomic E-state index is 12.3. The molecule has 1 amide bonds. The molecule has 0 bridgehead atoms. The summed E-state index contributed by atoms with van der Waals surface area (Å²) in [4.78, 5) is 13.9. The lowest BCUT2D eigenvalue weighted by molar-refractivity contribution is 0.0987. The minimum atomic E-state index is -0.212. The molecular formula is C15H18N4O2. The third-order valence-corrected chi connectivity index (χ3v) is 3.01. The number of aromatic nitrogens is 2. The van der Waals surface area contributed by atoms with Crippen molar-refractivity contribution in [3.05, 3.63) is 42.1 Å². The summed E-state index contributed by atoms with van der Waals surface area (Å²) in [6.45, 7) is 2.73. The first-order valence-electron chi connectivity index (χ1n) is 6.65. The number of benzene rings is 1. The van der Waals surface area contributed by atoms with E-state index in [-0.39, 0.29) is 5.91 Å². The van der Waals surface area contributed by atoms with E-state index in [1.165, 1.54) is 4.90 Å². The van der Waals surface area contributed by atoms with Crippen molar-refractivity contribution in [1.29, 1.82) is 0 Å². The van der Waals surface area contributed by atoms with Crippen molar-refractivity contribution >= 4 is 17.4 Å². The summed E-state index contributed by atoms with van der Waals surface area (Å²) in [5, 5.41) is 10.9. The molecule has 0 unspecified atom stereocenters. The Morgan fingerprint density at radius 3 is 2.43 bits per heavy atom. The van der Waals surface area contributed by atoms with Gasteiger partial charge in [0.15, 0.2) is 5.69 Å². The molecular weight excluding hydrogens is 268 g/mol. The third kappa shape index (κ3) is 3.47. The van der Waals surface area contributed by atoms with Gasteiger partial charge in [-0.25, -0.2) is 0 Å². The molecule has 0 atom stereocenters. The zero-order valence-electron chi connectivity index (χ0n) is 12.3. The molecule has 0 saturated heterocycles. The number of methoxy groups -OCH3 is 1. The molecule has 0 aliphatic heterocycles. The van der Waals surface area contributed by atoms with Crippen LogP contribution in [-0.2, 0) is 0 Å². The van der Waals surface area contributed by atoms with Crippen LogP contribution in [0.3, 0.4) is 0 Å². The summed E-state index contributed by atoms with van der Waals surface area (Å²) in [6, 6.07) is 10.6. The zero-order chi connectivity index (χ0) is 15.2. The maximum Gasteiger partial charge on any atom is 0.278 e. The van der Waals surface area contributed by atoms with Gasteiger partial charge in [-0.1, -0.05) is 0 Å². The molecule has 0 radical (unpaired) electrons. The highest BCUT2D eigenvalue weighted by Gasteiger charge is 2.15. The lowest BCUT2D eigenvalue weighted by Crippen LogP contribution is -2.27. The molecule has 0 spiro atoms. The van der Waals surface area contributed by atoms with E-state index in [9.17, 15) is 4.79 Å². The first-order chi connectivity index (χ1) is 10.2. The second kappa shape index (κ2) is 6.69. The molecule has 0 fully saturated rings. The first kappa shape index (κ1) is 14.8. The van der Waals surface area contributed by atoms with Gasteiger partial charge in [-0.05, 0) is 43.3 Å². The largest absolute Gasteiger partial charge is 0.497 e. The monoisotopic (exact) mass is 286 g/mol. The van der Waals surface area contributed by atoms with Crippen LogP contribution in [0.25, 0.3) is 0 Å². The van der Waals surface area contributed by atoms with E-state index in [1.54, 1.807) is 38.4 Å². The van der Waals surface area contributed by atoms with Crippen molar-refractivity contribution in [2.75, 3.05) is 30.9 Å². The second-order valence-electron chi connectivity index (χ2n) is 4.40. The smallest absolute Gasteiger partial charge is 0.278 e. The first-order valence-corrected chi connectivity index (χ1v) is 6.65. The lowest BCUT2D eigenvalue weighted by atomic mass is 10.2. The molecule has 110 valence electrons. The fourth-order valence-corrected chi connectivity index (χ4v) is 1.82. The molecule has 1 aromatic heterocycles. The predicted molar refractivity (Wildman–Crippen MR) is 81.9 cm³/mol. The predicted octanol–water partition coefficient (Wildman–Crippen LogP) is 2.19. The highest BCUT2D eigenvalue weighted by atomic mass is 16.5. The van der Waals surface area contributed by atoms with Crippen LogP contribution in [0, 0.1) is 0 Å². The SMILES string of the molecule is CCNc1ccc(C(=O)N(C)c2ccc(OC)cc2)nn1. The highest BCUT2D eigenvalue weighted by molar-refractivity contribution is 6.04. The molecule has 0 aliphatic rings. The zero-order valence-corrected chi connectivity index (χ0v) is 12.3. The standard InChI is InChI=1S/C15H18N4O2/c1-4-16-14-10-9-13(17-18-14)15(20)19(2)11-5-7-12(21-3)8-6-11/h5-10H,4H2,1-3H3,(H,16,18). The average Bonchev–Trinajstić information content (AvgIpc) is 2.54. The number of nitrogens with zero attached hydrogens (tertiary/aromatic N) is 3. The number of amides is 1. The van der Waals surface area contributed by atoms with Crippen molar-refractivity contribution in [3.63, 3.8) is 0 Å². The van der Waals surface area contributed by atoms with Gasteiger partial charge in [0, 0.05) is 19.3 Å². The number of hydrogen-bond acceptors (Lipinski definition) is 5. The van der Waals surface area contributed by atoms with E-state index in [0.717, 1.165) is 18.0 Å². The molecule has 0 aliphatic carbocycles. The number of carbonyl (C=O) groups excluding carboxylic acids is 1. The lowest BCUT2D eigenvalue weighted by Gasteiger charge is -2.17. The molecule has 2 aromatic rings. The van der Waals surface area contributed by atoms with Crippen LogP contribution in [0.1, 0.15) is 17.4 Å². The van der Waals surface area contributed by atoms with Crippen molar-refractivity contribution in [3.8, 4) is 5.75 Å². The molecule has 6 heteroatoms. The Labute approximate surface area is 123 Å². The van der Waals surface area contributed by atoms with E-state index in [4.69, 9.17) is 4.74 Å². The van der Waals surface area contributed by atoms with Crippen LogP contribution in [0.5, 0.6) is 5.75 Å². The number of rotatable bonds is 5. The quantitative estimate of drug-likeness (QED) is 0.912. The van der Waals surface area contributed by atoms with Gasteiger partial charge in [0.05, 0.1) is 7.11 Å². The Balaban J connectivity index is 2.13. The van der Waals surface area contributed by atoms with Gasteiger partial charge in [-0.3, -0.25) is 4.79 Å². The van der Waals surface area contributed by atoms with Crippen LogP contribution >= 0.6 is 0 Å². The molecule has 1 heterocycles. The second-order valence-corrected chi connectivity index (χ2v) is 4.40. The van der Waals surface area contributed by atoms with Crippen molar-refractivity contribution in [2.45, 2.75) is 6.92 Å². The number of anilines is 2. The Hall–Kier alpha value is -2.63. The van der Waals surface area contributed by atoms with E-state index in [1.807, 2.05) is 19.1 Å². The van der Waals surface area contributed by atoms with Crippen molar-refractivity contribution in [1.82, 2.24) is 10.2 Å². The van der Waals surface area contributed by atoms with Gasteiger partial charge in [-0.15, -0.1) is 10.2 Å². The minimum Gasteiger partial charge on any atom is -0.497 e.